The van der Waals surface area contributed by atoms with Crippen LogP contribution < -0.4 is 15.4 Å². The summed E-state index contributed by atoms with van der Waals surface area (Å²) in [7, 11) is 1.64. The number of nitrogens with one attached hydrogen (secondary N) is 2. The zero-order valence-corrected chi connectivity index (χ0v) is 14.0. The predicted octanol–water partition coefficient (Wildman–Crippen LogP) is 2.68. The van der Waals surface area contributed by atoms with E-state index < -0.39 is 0 Å². The van der Waals surface area contributed by atoms with E-state index >= 15 is 0 Å². The Morgan fingerprint density at radius 3 is 2.41 bits per heavy atom. The van der Waals surface area contributed by atoms with Crippen LogP contribution in [0.4, 0.5) is 0 Å². The number of benzene rings is 1. The lowest BCUT2D eigenvalue weighted by atomic mass is 10.2. The van der Waals surface area contributed by atoms with Gasteiger partial charge in [0.1, 0.15) is 11.6 Å². The second-order valence-corrected chi connectivity index (χ2v) is 5.12. The molecule has 0 fully saturated rings. The first-order valence-electron chi connectivity index (χ1n) is 6.94. The van der Waals surface area contributed by atoms with Crippen LogP contribution in [0.2, 0.25) is 0 Å². The van der Waals surface area contributed by atoms with Gasteiger partial charge in [0.05, 0.1) is 6.10 Å². The Labute approximate surface area is 136 Å². The molecule has 22 heavy (non-hydrogen) atoms. The molecule has 1 aromatic carbocycles. The fraction of sp³-hybridized carbons (Fsp3) is 0.312. The highest BCUT2D eigenvalue weighted by atomic mass is 32.1. The van der Waals surface area contributed by atoms with E-state index in [1.807, 2.05) is 26.8 Å². The van der Waals surface area contributed by atoms with Crippen LogP contribution in [-0.2, 0) is 0 Å². The second kappa shape index (κ2) is 8.94. The molecule has 0 aromatic heterocycles. The third kappa shape index (κ3) is 6.05. The van der Waals surface area contributed by atoms with Gasteiger partial charge in [0.2, 0.25) is 0 Å². The summed E-state index contributed by atoms with van der Waals surface area (Å²) in [6.45, 7) is 5.76. The predicted molar refractivity (Wildman–Crippen MR) is 93.6 cm³/mol. The first-order chi connectivity index (χ1) is 10.5. The Kier molecular flexibility index (Phi) is 7.25. The van der Waals surface area contributed by atoms with Crippen molar-refractivity contribution >= 4 is 29.1 Å². The molecular formula is C16H21N3O2S. The van der Waals surface area contributed by atoms with Crippen molar-refractivity contribution in [1.29, 1.82) is 0 Å². The Morgan fingerprint density at radius 1 is 1.27 bits per heavy atom. The van der Waals surface area contributed by atoms with Gasteiger partial charge in [-0.1, -0.05) is 6.08 Å². The zero-order valence-electron chi connectivity index (χ0n) is 13.2. The highest BCUT2D eigenvalue weighted by Gasteiger charge is 2.09. The minimum atomic E-state index is -0.287. The molecule has 5 nitrogen and oxygen atoms in total. The summed E-state index contributed by atoms with van der Waals surface area (Å²) in [4.78, 5) is 16.1. The molecule has 0 aliphatic heterocycles. The largest absolute Gasteiger partial charge is 0.491 e. The van der Waals surface area contributed by atoms with Gasteiger partial charge in [-0.15, -0.1) is 0 Å². The standard InChI is InChI=1S/C16H21N3O2S/c1-5-6-14(17-4)18-16(22)19-15(20)12-7-9-13(10-8-12)21-11(2)3/h5-11H,1-4H3,(H2,17,18,19,20,22)/b6-5-. The number of carbonyl (C=O) groups is 1. The van der Waals surface area contributed by atoms with E-state index in [2.05, 4.69) is 15.6 Å². The van der Waals surface area contributed by atoms with E-state index in [1.165, 1.54) is 0 Å². The Hall–Kier alpha value is -2.21. The SMILES string of the molecule is C/C=C\C(=N/C)NC(=S)NC(=O)c1ccc(OC(C)C)cc1. The maximum Gasteiger partial charge on any atom is 0.257 e. The number of hydrogen-bond acceptors (Lipinski definition) is 4. The number of amides is 1. The summed E-state index contributed by atoms with van der Waals surface area (Å²) in [6, 6.07) is 6.89. The molecule has 0 atom stereocenters. The van der Waals surface area contributed by atoms with E-state index in [4.69, 9.17) is 17.0 Å². The number of allylic oxidation sites excluding steroid dienone is 1. The molecular weight excluding hydrogens is 298 g/mol. The molecule has 0 bridgehead atoms. The fourth-order valence-electron chi connectivity index (χ4n) is 1.61. The molecule has 6 heteroatoms. The molecule has 1 amide bonds. The molecule has 1 aromatic rings. The van der Waals surface area contributed by atoms with E-state index in [0.717, 1.165) is 5.75 Å². The van der Waals surface area contributed by atoms with E-state index in [1.54, 1.807) is 37.4 Å². The van der Waals surface area contributed by atoms with Crippen molar-refractivity contribution < 1.29 is 9.53 Å². The molecule has 0 aliphatic rings. The number of nitrogens with zero attached hydrogens (tertiary/aromatic N) is 1. The minimum absolute atomic E-state index is 0.0924. The normalized spacial score (nSPS) is 11.6. The van der Waals surface area contributed by atoms with Gasteiger partial charge in [-0.25, -0.2) is 0 Å². The average molecular weight is 319 g/mol. The van der Waals surface area contributed by atoms with Crippen molar-refractivity contribution in [3.63, 3.8) is 0 Å². The van der Waals surface area contributed by atoms with E-state index in [-0.39, 0.29) is 17.1 Å². The minimum Gasteiger partial charge on any atom is -0.491 e. The van der Waals surface area contributed by atoms with Crippen molar-refractivity contribution in [2.24, 2.45) is 4.99 Å². The molecule has 0 saturated carbocycles. The van der Waals surface area contributed by atoms with Gasteiger partial charge in [0.15, 0.2) is 5.11 Å². The molecule has 0 spiro atoms. The number of hydrogen-bond donors (Lipinski definition) is 2. The average Bonchev–Trinajstić information content (AvgIpc) is 2.46. The number of carbonyl (C=O) groups excluding carboxylic acids is 1. The fourth-order valence-corrected chi connectivity index (χ4v) is 1.81. The van der Waals surface area contributed by atoms with Crippen molar-refractivity contribution in [2.45, 2.75) is 26.9 Å². The second-order valence-electron chi connectivity index (χ2n) is 4.71. The smallest absolute Gasteiger partial charge is 0.257 e. The van der Waals surface area contributed by atoms with Crippen LogP contribution in [0.3, 0.4) is 0 Å². The van der Waals surface area contributed by atoms with E-state index in [9.17, 15) is 4.79 Å². The monoisotopic (exact) mass is 319 g/mol. The highest BCUT2D eigenvalue weighted by molar-refractivity contribution is 7.80. The lowest BCUT2D eigenvalue weighted by Gasteiger charge is -2.11. The summed E-state index contributed by atoms with van der Waals surface area (Å²) in [5, 5.41) is 5.65. The van der Waals surface area contributed by atoms with Gasteiger partial charge in [-0.2, -0.15) is 0 Å². The topological polar surface area (TPSA) is 62.7 Å². The Balaban J connectivity index is 2.63. The third-order valence-electron chi connectivity index (χ3n) is 2.52. The molecule has 0 saturated heterocycles. The number of rotatable bonds is 4. The molecule has 2 N–H and O–H groups in total. The first kappa shape index (κ1) is 17.8. The first-order valence-corrected chi connectivity index (χ1v) is 7.35. The molecule has 0 unspecified atom stereocenters. The van der Waals surface area contributed by atoms with Crippen molar-refractivity contribution in [1.82, 2.24) is 10.6 Å². The van der Waals surface area contributed by atoms with Gasteiger partial charge in [0, 0.05) is 12.6 Å². The Morgan fingerprint density at radius 2 is 1.91 bits per heavy atom. The van der Waals surface area contributed by atoms with Crippen LogP contribution in [-0.4, -0.2) is 30.0 Å². The highest BCUT2D eigenvalue weighted by Crippen LogP contribution is 2.13. The summed E-state index contributed by atoms with van der Waals surface area (Å²) >= 11 is 5.09. The molecule has 0 aliphatic carbocycles. The van der Waals surface area contributed by atoms with Gasteiger partial charge >= 0.3 is 0 Å². The molecule has 0 heterocycles. The molecule has 118 valence electrons. The van der Waals surface area contributed by atoms with Gasteiger partial charge in [0.25, 0.3) is 5.91 Å². The van der Waals surface area contributed by atoms with Crippen molar-refractivity contribution in [3.05, 3.63) is 42.0 Å². The van der Waals surface area contributed by atoms with Crippen molar-refractivity contribution in [2.75, 3.05) is 7.05 Å². The van der Waals surface area contributed by atoms with Gasteiger partial charge in [-0.3, -0.25) is 15.1 Å². The molecule has 1 rings (SSSR count). The van der Waals surface area contributed by atoms with Gasteiger partial charge < -0.3 is 10.1 Å². The van der Waals surface area contributed by atoms with E-state index in [0.29, 0.717) is 11.4 Å². The van der Waals surface area contributed by atoms with Crippen LogP contribution in [0.15, 0.2) is 41.4 Å². The number of thiocarbonyl (C=S) groups is 1. The van der Waals surface area contributed by atoms with Gasteiger partial charge in [-0.05, 0) is 63.3 Å². The number of ether oxygens (including phenoxy) is 1. The zero-order chi connectivity index (χ0) is 16.5. The summed E-state index contributed by atoms with van der Waals surface area (Å²) in [5.74, 6) is 1.01. The van der Waals surface area contributed by atoms with Crippen LogP contribution in [0.5, 0.6) is 5.75 Å². The number of amidine groups is 1. The summed E-state index contributed by atoms with van der Waals surface area (Å²) in [6.07, 6.45) is 3.68. The van der Waals surface area contributed by atoms with Crippen LogP contribution in [0.25, 0.3) is 0 Å². The van der Waals surface area contributed by atoms with Crippen LogP contribution >= 0.6 is 12.2 Å². The van der Waals surface area contributed by atoms with Crippen LogP contribution in [0.1, 0.15) is 31.1 Å². The number of aliphatic imine (C=N–C) groups is 1. The maximum absolute atomic E-state index is 12.1. The Bertz CT molecular complexity index is 578. The lowest BCUT2D eigenvalue weighted by molar-refractivity contribution is 0.0977. The summed E-state index contributed by atoms with van der Waals surface area (Å²) in [5.41, 5.74) is 0.501. The van der Waals surface area contributed by atoms with Crippen LogP contribution in [0, 0.1) is 0 Å². The summed E-state index contributed by atoms with van der Waals surface area (Å²) < 4.78 is 5.53. The van der Waals surface area contributed by atoms with Crippen molar-refractivity contribution in [3.8, 4) is 5.75 Å². The molecule has 0 radical (unpaired) electrons. The maximum atomic E-state index is 12.1. The lowest BCUT2D eigenvalue weighted by Crippen LogP contribution is -2.41. The quantitative estimate of drug-likeness (QED) is 0.509. The third-order valence-corrected chi connectivity index (χ3v) is 2.73.